The Morgan fingerprint density at radius 2 is 1.65 bits per heavy atom. The van der Waals surface area contributed by atoms with E-state index in [0.717, 1.165) is 15.9 Å². The Morgan fingerprint density at radius 1 is 0.913 bits per heavy atom. The lowest BCUT2D eigenvalue weighted by atomic mass is 10.0. The van der Waals surface area contributed by atoms with Gasteiger partial charge >= 0.3 is 0 Å². The monoisotopic (exact) mass is 325 g/mol. The lowest BCUT2D eigenvalue weighted by Crippen LogP contribution is -2.15. The van der Waals surface area contributed by atoms with Crippen molar-refractivity contribution in [1.29, 1.82) is 0 Å². The third kappa shape index (κ3) is 3.91. The van der Waals surface area contributed by atoms with E-state index in [-0.39, 0.29) is 6.29 Å². The first-order valence-electron chi connectivity index (χ1n) is 7.45. The van der Waals surface area contributed by atoms with Crippen molar-refractivity contribution >= 4 is 22.7 Å². The van der Waals surface area contributed by atoms with E-state index in [0.29, 0.717) is 5.75 Å². The molecule has 0 saturated heterocycles. The molecular weight excluding hydrogens is 306 g/mol. The molecule has 118 valence electrons. The molecule has 3 aromatic rings. The molecule has 3 rings (SSSR count). The molecule has 0 fully saturated rings. The van der Waals surface area contributed by atoms with Gasteiger partial charge in [0.15, 0.2) is 6.29 Å². The molecule has 0 unspecified atom stereocenters. The molecular formula is C19H19NO2S. The maximum absolute atomic E-state index is 5.21. The van der Waals surface area contributed by atoms with Crippen LogP contribution >= 0.6 is 11.8 Å². The van der Waals surface area contributed by atoms with E-state index < -0.39 is 0 Å². The number of benzene rings is 2. The SMILES string of the molecule is COC(CSc1ccc2ccc(-c3ccccc3)cc2n1)OC. The van der Waals surface area contributed by atoms with Gasteiger partial charge in [-0.1, -0.05) is 48.5 Å². The van der Waals surface area contributed by atoms with Crippen molar-refractivity contribution < 1.29 is 9.47 Å². The standard InChI is InChI=1S/C19H19NO2S/c1-21-19(22-2)13-23-18-11-10-15-8-9-16(12-17(15)20-18)14-6-4-3-5-7-14/h3-12,19H,13H2,1-2H3. The fourth-order valence-corrected chi connectivity index (χ4v) is 3.28. The molecule has 0 aliphatic carbocycles. The largest absolute Gasteiger partial charge is 0.355 e. The molecule has 0 aliphatic heterocycles. The Hall–Kier alpha value is -1.88. The number of nitrogens with zero attached hydrogens (tertiary/aromatic N) is 1. The van der Waals surface area contributed by atoms with Crippen LogP contribution in [0.5, 0.6) is 0 Å². The molecule has 23 heavy (non-hydrogen) atoms. The predicted molar refractivity (Wildman–Crippen MR) is 95.7 cm³/mol. The number of fused-ring (bicyclic) bond motifs is 1. The van der Waals surface area contributed by atoms with E-state index in [2.05, 4.69) is 48.5 Å². The summed E-state index contributed by atoms with van der Waals surface area (Å²) in [5.74, 6) is 0.712. The van der Waals surface area contributed by atoms with Crippen molar-refractivity contribution in [3.05, 3.63) is 60.7 Å². The highest BCUT2D eigenvalue weighted by atomic mass is 32.2. The third-order valence-electron chi connectivity index (χ3n) is 3.67. The molecule has 0 N–H and O–H groups in total. The number of hydrogen-bond donors (Lipinski definition) is 0. The van der Waals surface area contributed by atoms with E-state index >= 15 is 0 Å². The first kappa shape index (κ1) is 16.0. The van der Waals surface area contributed by atoms with E-state index in [4.69, 9.17) is 14.5 Å². The molecule has 1 aromatic heterocycles. The molecule has 0 spiro atoms. The van der Waals surface area contributed by atoms with Crippen LogP contribution in [0.25, 0.3) is 22.0 Å². The summed E-state index contributed by atoms with van der Waals surface area (Å²) in [5, 5.41) is 2.12. The Labute approximate surface area is 140 Å². The van der Waals surface area contributed by atoms with Gasteiger partial charge in [0.05, 0.1) is 16.3 Å². The van der Waals surface area contributed by atoms with Crippen molar-refractivity contribution in [2.45, 2.75) is 11.3 Å². The van der Waals surface area contributed by atoms with Gasteiger partial charge in [-0.3, -0.25) is 0 Å². The van der Waals surface area contributed by atoms with Crippen molar-refractivity contribution in [3.63, 3.8) is 0 Å². The lowest BCUT2D eigenvalue weighted by Gasteiger charge is -2.12. The summed E-state index contributed by atoms with van der Waals surface area (Å²) in [6.45, 7) is 0. The summed E-state index contributed by atoms with van der Waals surface area (Å²) < 4.78 is 10.4. The number of hydrogen-bond acceptors (Lipinski definition) is 4. The third-order valence-corrected chi connectivity index (χ3v) is 4.63. The normalized spacial score (nSPS) is 11.3. The van der Waals surface area contributed by atoms with E-state index in [1.807, 2.05) is 12.1 Å². The average molecular weight is 325 g/mol. The zero-order valence-electron chi connectivity index (χ0n) is 13.2. The van der Waals surface area contributed by atoms with Gasteiger partial charge in [0, 0.05) is 19.6 Å². The van der Waals surface area contributed by atoms with Gasteiger partial charge in [-0.15, -0.1) is 11.8 Å². The molecule has 0 atom stereocenters. The van der Waals surface area contributed by atoms with Crippen molar-refractivity contribution in [2.24, 2.45) is 0 Å². The van der Waals surface area contributed by atoms with Crippen LogP contribution in [0, 0.1) is 0 Å². The minimum Gasteiger partial charge on any atom is -0.355 e. The highest BCUT2D eigenvalue weighted by Crippen LogP contribution is 2.26. The molecule has 0 radical (unpaired) electrons. The average Bonchev–Trinajstić information content (AvgIpc) is 2.62. The van der Waals surface area contributed by atoms with Gasteiger partial charge in [-0.05, 0) is 23.3 Å². The van der Waals surface area contributed by atoms with Crippen LogP contribution in [0.15, 0.2) is 65.7 Å². The second-order valence-corrected chi connectivity index (χ2v) is 6.18. The minimum absolute atomic E-state index is 0.215. The lowest BCUT2D eigenvalue weighted by molar-refractivity contribution is -0.0842. The fourth-order valence-electron chi connectivity index (χ4n) is 2.37. The highest BCUT2D eigenvalue weighted by Gasteiger charge is 2.07. The van der Waals surface area contributed by atoms with Crippen molar-refractivity contribution in [1.82, 2.24) is 4.98 Å². The van der Waals surface area contributed by atoms with Crippen LogP contribution in [0.4, 0.5) is 0 Å². The van der Waals surface area contributed by atoms with E-state index in [9.17, 15) is 0 Å². The fraction of sp³-hybridized carbons (Fsp3) is 0.211. The maximum atomic E-state index is 5.21. The quantitative estimate of drug-likeness (QED) is 0.489. The molecule has 3 nitrogen and oxygen atoms in total. The zero-order valence-corrected chi connectivity index (χ0v) is 14.0. The summed E-state index contributed by atoms with van der Waals surface area (Å²) >= 11 is 1.63. The van der Waals surface area contributed by atoms with Crippen LogP contribution in [0.2, 0.25) is 0 Å². The molecule has 2 aromatic carbocycles. The van der Waals surface area contributed by atoms with Gasteiger partial charge < -0.3 is 9.47 Å². The number of ether oxygens (including phenoxy) is 2. The van der Waals surface area contributed by atoms with Gasteiger partial charge in [-0.2, -0.15) is 0 Å². The van der Waals surface area contributed by atoms with Crippen LogP contribution in [-0.4, -0.2) is 31.2 Å². The number of pyridine rings is 1. The molecule has 0 amide bonds. The number of methoxy groups -OCH3 is 2. The predicted octanol–water partition coefficient (Wildman–Crippen LogP) is 4.61. The van der Waals surface area contributed by atoms with E-state index in [1.54, 1.807) is 26.0 Å². The summed E-state index contributed by atoms with van der Waals surface area (Å²) in [6, 6.07) is 20.9. The van der Waals surface area contributed by atoms with Crippen LogP contribution in [-0.2, 0) is 9.47 Å². The van der Waals surface area contributed by atoms with Crippen LogP contribution in [0.3, 0.4) is 0 Å². The molecule has 0 aliphatic rings. The van der Waals surface area contributed by atoms with E-state index in [1.165, 1.54) is 11.1 Å². The van der Waals surface area contributed by atoms with Gasteiger partial charge in [0.2, 0.25) is 0 Å². The number of thioether (sulfide) groups is 1. The van der Waals surface area contributed by atoms with Crippen LogP contribution < -0.4 is 0 Å². The van der Waals surface area contributed by atoms with Gasteiger partial charge in [0.25, 0.3) is 0 Å². The van der Waals surface area contributed by atoms with Crippen LogP contribution in [0.1, 0.15) is 0 Å². The van der Waals surface area contributed by atoms with Gasteiger partial charge in [-0.25, -0.2) is 4.98 Å². The molecule has 1 heterocycles. The Bertz CT molecular complexity index is 773. The Kier molecular flexibility index (Phi) is 5.28. The summed E-state index contributed by atoms with van der Waals surface area (Å²) in [5.41, 5.74) is 3.38. The number of aromatic nitrogens is 1. The number of rotatable bonds is 6. The topological polar surface area (TPSA) is 31.4 Å². The van der Waals surface area contributed by atoms with Crippen molar-refractivity contribution in [2.75, 3.05) is 20.0 Å². The summed E-state index contributed by atoms with van der Waals surface area (Å²) in [6.07, 6.45) is -0.215. The minimum atomic E-state index is -0.215. The highest BCUT2D eigenvalue weighted by molar-refractivity contribution is 7.99. The molecule has 4 heteroatoms. The second kappa shape index (κ2) is 7.59. The summed E-state index contributed by atoms with van der Waals surface area (Å²) in [4.78, 5) is 4.75. The smallest absolute Gasteiger partial charge is 0.166 e. The molecule has 0 bridgehead atoms. The first-order chi connectivity index (χ1) is 11.3. The Morgan fingerprint density at radius 3 is 2.39 bits per heavy atom. The summed E-state index contributed by atoms with van der Waals surface area (Å²) in [7, 11) is 3.30. The zero-order chi connectivity index (χ0) is 16.1. The second-order valence-electron chi connectivity index (χ2n) is 5.13. The molecule has 0 saturated carbocycles. The Balaban J connectivity index is 1.86. The maximum Gasteiger partial charge on any atom is 0.166 e. The van der Waals surface area contributed by atoms with Gasteiger partial charge in [0.1, 0.15) is 0 Å². The van der Waals surface area contributed by atoms with Crippen molar-refractivity contribution in [3.8, 4) is 11.1 Å². The first-order valence-corrected chi connectivity index (χ1v) is 8.43.